The van der Waals surface area contributed by atoms with Gasteiger partial charge in [-0.1, -0.05) is 11.6 Å². The molecule has 1 aliphatic rings. The molecule has 8 heteroatoms. The molecule has 2 amide bonds. The quantitative estimate of drug-likeness (QED) is 0.847. The number of nitrogens with one attached hydrogen (secondary N) is 1. The van der Waals surface area contributed by atoms with Crippen molar-refractivity contribution >= 4 is 29.1 Å². The van der Waals surface area contributed by atoms with Crippen LogP contribution >= 0.6 is 11.6 Å². The molecule has 0 fully saturated rings. The number of fused-ring (bicyclic) bond motifs is 1. The molecule has 6 nitrogen and oxygen atoms in total. The Balaban J connectivity index is 1.67. The largest absolute Gasteiger partial charge is 0.486 e. The van der Waals surface area contributed by atoms with Crippen LogP contribution in [-0.2, 0) is 4.79 Å². The molecule has 0 aromatic heterocycles. The maximum atomic E-state index is 13.2. The highest BCUT2D eigenvalue weighted by molar-refractivity contribution is 6.33. The minimum absolute atomic E-state index is 0.00527. The smallest absolute Gasteiger partial charge is 0.255 e. The first kappa shape index (κ1) is 19.0. The van der Waals surface area contributed by atoms with Crippen molar-refractivity contribution in [2.45, 2.75) is 6.92 Å². The summed E-state index contributed by atoms with van der Waals surface area (Å²) in [7, 11) is 0. The van der Waals surface area contributed by atoms with Crippen LogP contribution in [0.5, 0.6) is 11.5 Å². The number of carbonyl (C=O) groups excluding carboxylic acids is 2. The van der Waals surface area contributed by atoms with Gasteiger partial charge in [-0.15, -0.1) is 0 Å². The zero-order chi connectivity index (χ0) is 19.4. The number of hydrogen-bond acceptors (Lipinski definition) is 4. The number of halogens is 2. The van der Waals surface area contributed by atoms with Crippen molar-refractivity contribution in [3.8, 4) is 11.5 Å². The van der Waals surface area contributed by atoms with E-state index in [2.05, 4.69) is 5.32 Å². The van der Waals surface area contributed by atoms with Crippen LogP contribution < -0.4 is 14.8 Å². The second kappa shape index (κ2) is 8.26. The van der Waals surface area contributed by atoms with Gasteiger partial charge in [0.15, 0.2) is 11.5 Å². The Labute approximate surface area is 160 Å². The summed E-state index contributed by atoms with van der Waals surface area (Å²) in [4.78, 5) is 26.3. The van der Waals surface area contributed by atoms with E-state index < -0.39 is 11.7 Å². The molecule has 1 heterocycles. The van der Waals surface area contributed by atoms with E-state index in [0.717, 1.165) is 12.1 Å². The van der Waals surface area contributed by atoms with Gasteiger partial charge in [-0.05, 0) is 37.3 Å². The molecule has 0 radical (unpaired) electrons. The summed E-state index contributed by atoms with van der Waals surface area (Å²) in [6, 6.07) is 8.61. The third-order valence-corrected chi connectivity index (χ3v) is 4.30. The summed E-state index contributed by atoms with van der Waals surface area (Å²) in [5, 5.41) is 2.73. The first-order chi connectivity index (χ1) is 13.0. The summed E-state index contributed by atoms with van der Waals surface area (Å²) < 4.78 is 24.1. The lowest BCUT2D eigenvalue weighted by Crippen LogP contribution is -2.38. The minimum atomic E-state index is -0.532. The number of hydrogen-bond donors (Lipinski definition) is 1. The molecule has 0 saturated carbocycles. The van der Waals surface area contributed by atoms with E-state index in [0.29, 0.717) is 36.9 Å². The van der Waals surface area contributed by atoms with E-state index in [-0.39, 0.29) is 23.0 Å². The fourth-order valence-electron chi connectivity index (χ4n) is 2.66. The number of rotatable bonds is 5. The number of amides is 2. The van der Waals surface area contributed by atoms with E-state index in [1.54, 1.807) is 25.1 Å². The fourth-order valence-corrected chi connectivity index (χ4v) is 2.90. The zero-order valence-corrected chi connectivity index (χ0v) is 15.4. The molecule has 0 spiro atoms. The lowest BCUT2D eigenvalue weighted by atomic mass is 10.2. The third kappa shape index (κ3) is 4.49. The van der Waals surface area contributed by atoms with Gasteiger partial charge in [-0.25, -0.2) is 4.39 Å². The Morgan fingerprint density at radius 3 is 2.59 bits per heavy atom. The highest BCUT2D eigenvalue weighted by atomic mass is 35.5. The topological polar surface area (TPSA) is 67.9 Å². The van der Waals surface area contributed by atoms with Crippen LogP contribution in [0.1, 0.15) is 17.3 Å². The average molecular weight is 393 g/mol. The van der Waals surface area contributed by atoms with Crippen LogP contribution in [0.4, 0.5) is 10.1 Å². The van der Waals surface area contributed by atoms with Crippen molar-refractivity contribution in [1.82, 2.24) is 4.90 Å². The Bertz CT molecular complexity index is 875. The molecule has 142 valence electrons. The molecule has 3 rings (SSSR count). The lowest BCUT2D eigenvalue weighted by Gasteiger charge is -2.22. The number of likely N-dealkylation sites (N-methyl/N-ethyl adjacent to an activating group) is 1. The predicted octanol–water partition coefficient (Wildman–Crippen LogP) is 3.35. The Hall–Kier alpha value is -2.80. The summed E-state index contributed by atoms with van der Waals surface area (Å²) >= 11 is 5.95. The van der Waals surface area contributed by atoms with Gasteiger partial charge in [0.1, 0.15) is 25.6 Å². The zero-order valence-electron chi connectivity index (χ0n) is 14.6. The number of anilines is 1. The highest BCUT2D eigenvalue weighted by Crippen LogP contribution is 2.32. The molecule has 2 aromatic rings. The number of carbonyl (C=O) groups is 2. The SMILES string of the molecule is CCN(CC(=O)Nc1ccc2c(c1)OCCO2)C(=O)c1ccc(F)cc1Cl. The number of benzene rings is 2. The molecule has 2 aromatic carbocycles. The molecule has 1 aliphatic heterocycles. The monoisotopic (exact) mass is 392 g/mol. The molecule has 27 heavy (non-hydrogen) atoms. The van der Waals surface area contributed by atoms with Gasteiger partial charge < -0.3 is 19.7 Å². The molecule has 0 saturated heterocycles. The first-order valence-corrected chi connectivity index (χ1v) is 8.79. The molecule has 0 atom stereocenters. The summed E-state index contributed by atoms with van der Waals surface area (Å²) in [6.45, 7) is 2.80. The van der Waals surface area contributed by atoms with Gasteiger partial charge in [0.25, 0.3) is 5.91 Å². The van der Waals surface area contributed by atoms with Crippen molar-refractivity contribution in [3.05, 3.63) is 52.8 Å². The first-order valence-electron chi connectivity index (χ1n) is 8.41. The normalized spacial score (nSPS) is 12.4. The van der Waals surface area contributed by atoms with Crippen molar-refractivity contribution in [2.24, 2.45) is 0 Å². The Morgan fingerprint density at radius 2 is 1.89 bits per heavy atom. The average Bonchev–Trinajstić information content (AvgIpc) is 2.65. The van der Waals surface area contributed by atoms with Crippen molar-refractivity contribution in [1.29, 1.82) is 0 Å². The van der Waals surface area contributed by atoms with Gasteiger partial charge in [0, 0.05) is 18.3 Å². The number of nitrogens with zero attached hydrogens (tertiary/aromatic N) is 1. The molecule has 0 bridgehead atoms. The van der Waals surface area contributed by atoms with E-state index in [1.807, 2.05) is 0 Å². The van der Waals surface area contributed by atoms with Gasteiger partial charge in [0.05, 0.1) is 10.6 Å². The van der Waals surface area contributed by atoms with Gasteiger partial charge in [-0.3, -0.25) is 9.59 Å². The Kier molecular flexibility index (Phi) is 5.81. The van der Waals surface area contributed by atoms with Gasteiger partial charge in [0.2, 0.25) is 5.91 Å². The predicted molar refractivity (Wildman–Crippen MR) is 99.0 cm³/mol. The van der Waals surface area contributed by atoms with E-state index in [1.165, 1.54) is 11.0 Å². The van der Waals surface area contributed by atoms with Crippen molar-refractivity contribution in [2.75, 3.05) is 31.6 Å². The van der Waals surface area contributed by atoms with Crippen LogP contribution in [0.25, 0.3) is 0 Å². The van der Waals surface area contributed by atoms with Crippen LogP contribution in [0.2, 0.25) is 5.02 Å². The molecular weight excluding hydrogens is 375 g/mol. The van der Waals surface area contributed by atoms with Crippen molar-refractivity contribution in [3.63, 3.8) is 0 Å². The van der Waals surface area contributed by atoms with Gasteiger partial charge in [-0.2, -0.15) is 0 Å². The van der Waals surface area contributed by atoms with Crippen LogP contribution in [0.3, 0.4) is 0 Å². The standard InChI is InChI=1S/C19H18ClFN2O4/c1-2-23(19(25)14-5-3-12(21)9-15(14)20)11-18(24)22-13-4-6-16-17(10-13)27-8-7-26-16/h3-6,9-10H,2,7-8,11H2,1H3,(H,22,24). The van der Waals surface area contributed by atoms with Gasteiger partial charge >= 0.3 is 0 Å². The molecule has 0 aliphatic carbocycles. The second-order valence-corrected chi connectivity index (χ2v) is 6.26. The summed E-state index contributed by atoms with van der Waals surface area (Å²) in [5.74, 6) is -0.174. The fraction of sp³-hybridized carbons (Fsp3) is 0.263. The maximum absolute atomic E-state index is 13.2. The molecule has 0 unspecified atom stereocenters. The second-order valence-electron chi connectivity index (χ2n) is 5.85. The maximum Gasteiger partial charge on any atom is 0.255 e. The van der Waals surface area contributed by atoms with E-state index in [4.69, 9.17) is 21.1 Å². The third-order valence-electron chi connectivity index (χ3n) is 3.99. The van der Waals surface area contributed by atoms with E-state index in [9.17, 15) is 14.0 Å². The highest BCUT2D eigenvalue weighted by Gasteiger charge is 2.20. The Morgan fingerprint density at radius 1 is 1.15 bits per heavy atom. The van der Waals surface area contributed by atoms with Crippen LogP contribution in [0.15, 0.2) is 36.4 Å². The lowest BCUT2D eigenvalue weighted by molar-refractivity contribution is -0.116. The van der Waals surface area contributed by atoms with Crippen LogP contribution in [-0.4, -0.2) is 43.0 Å². The van der Waals surface area contributed by atoms with Crippen LogP contribution in [0, 0.1) is 5.82 Å². The number of ether oxygens (including phenoxy) is 2. The summed E-state index contributed by atoms with van der Waals surface area (Å²) in [5.41, 5.74) is 0.680. The van der Waals surface area contributed by atoms with E-state index >= 15 is 0 Å². The minimum Gasteiger partial charge on any atom is -0.486 e. The van der Waals surface area contributed by atoms with Crippen molar-refractivity contribution < 1.29 is 23.5 Å². The summed E-state index contributed by atoms with van der Waals surface area (Å²) in [6.07, 6.45) is 0. The molecule has 1 N–H and O–H groups in total. The molecular formula is C19H18ClFN2O4.